The lowest BCUT2D eigenvalue weighted by Crippen LogP contribution is -2.55. The molecule has 1 aromatic rings. The molecule has 2 aliphatic rings. The molecule has 3 N–H and O–H groups in total. The van der Waals surface area contributed by atoms with Gasteiger partial charge in [0.05, 0.1) is 12.1 Å². The second kappa shape index (κ2) is 8.56. The molecule has 28 heavy (non-hydrogen) atoms. The SMILES string of the molecule is C[C@H](N[C@@H](CCc1ccccc1)C(=O)O)C(=O)N1[C@@H]2C=CC[C@H]2C[C@H]1C(=O)O. The minimum atomic E-state index is -1.02. The third kappa shape index (κ3) is 4.25. The van der Waals surface area contributed by atoms with E-state index in [0.29, 0.717) is 19.3 Å². The predicted octanol–water partition coefficient (Wildman–Crippen LogP) is 1.68. The largest absolute Gasteiger partial charge is 0.480 e. The van der Waals surface area contributed by atoms with Crippen molar-refractivity contribution in [3.05, 3.63) is 48.0 Å². The van der Waals surface area contributed by atoms with Crippen molar-refractivity contribution < 1.29 is 24.6 Å². The van der Waals surface area contributed by atoms with Crippen molar-refractivity contribution in [2.24, 2.45) is 5.92 Å². The van der Waals surface area contributed by atoms with Gasteiger partial charge in [-0.1, -0.05) is 42.5 Å². The summed E-state index contributed by atoms with van der Waals surface area (Å²) in [5.74, 6) is -2.27. The second-order valence-corrected chi connectivity index (χ2v) is 7.55. The molecule has 0 bridgehead atoms. The van der Waals surface area contributed by atoms with Crippen LogP contribution in [0.4, 0.5) is 0 Å². The normalized spacial score (nSPS) is 25.3. The van der Waals surface area contributed by atoms with Gasteiger partial charge in [-0.05, 0) is 44.1 Å². The number of allylic oxidation sites excluding steroid dienone is 1. The van der Waals surface area contributed by atoms with Crippen LogP contribution in [0, 0.1) is 5.92 Å². The number of likely N-dealkylation sites (tertiary alicyclic amines) is 1. The van der Waals surface area contributed by atoms with Crippen LogP contribution in [0.1, 0.15) is 31.7 Å². The van der Waals surface area contributed by atoms with Gasteiger partial charge in [0.15, 0.2) is 0 Å². The summed E-state index contributed by atoms with van der Waals surface area (Å²) in [5, 5.41) is 22.0. The standard InChI is InChI=1S/C21H26N2O5/c1-13(22-16(20(25)26)11-10-14-6-3-2-4-7-14)19(24)23-17-9-5-8-15(17)12-18(23)21(27)28/h2-7,9,13,15-18,22H,8,10-12H2,1H3,(H,25,26)(H,27,28)/t13-,15-,16-,17+,18-/m0/s1. The highest BCUT2D eigenvalue weighted by Crippen LogP contribution is 2.37. The second-order valence-electron chi connectivity index (χ2n) is 7.55. The summed E-state index contributed by atoms with van der Waals surface area (Å²) >= 11 is 0. The maximum Gasteiger partial charge on any atom is 0.326 e. The number of hydrogen-bond acceptors (Lipinski definition) is 4. The number of aryl methyl sites for hydroxylation is 1. The molecule has 7 nitrogen and oxygen atoms in total. The summed E-state index contributed by atoms with van der Waals surface area (Å²) in [4.78, 5) is 37.7. The predicted molar refractivity (Wildman–Crippen MR) is 103 cm³/mol. The number of fused-ring (bicyclic) bond motifs is 1. The number of amides is 1. The molecule has 7 heteroatoms. The number of nitrogens with one attached hydrogen (secondary N) is 1. The van der Waals surface area contributed by atoms with Crippen LogP contribution >= 0.6 is 0 Å². The van der Waals surface area contributed by atoms with Crippen LogP contribution in [-0.2, 0) is 20.8 Å². The maximum atomic E-state index is 13.0. The number of rotatable bonds is 8. The average molecular weight is 386 g/mol. The van der Waals surface area contributed by atoms with Crippen LogP contribution in [0.3, 0.4) is 0 Å². The highest BCUT2D eigenvalue weighted by molar-refractivity contribution is 5.88. The van der Waals surface area contributed by atoms with E-state index in [1.165, 1.54) is 4.90 Å². The molecule has 0 spiro atoms. The van der Waals surface area contributed by atoms with Crippen LogP contribution in [0.5, 0.6) is 0 Å². The average Bonchev–Trinajstić information content (AvgIpc) is 3.26. The fourth-order valence-electron chi connectivity index (χ4n) is 4.20. The molecule has 150 valence electrons. The molecule has 1 heterocycles. The van der Waals surface area contributed by atoms with Crippen molar-refractivity contribution in [2.45, 2.75) is 56.8 Å². The molecule has 1 aliphatic carbocycles. The lowest BCUT2D eigenvalue weighted by molar-refractivity contribution is -0.150. The van der Waals surface area contributed by atoms with E-state index in [0.717, 1.165) is 12.0 Å². The Morgan fingerprint density at radius 3 is 2.57 bits per heavy atom. The van der Waals surface area contributed by atoms with E-state index in [9.17, 15) is 24.6 Å². The smallest absolute Gasteiger partial charge is 0.326 e. The Morgan fingerprint density at radius 1 is 1.21 bits per heavy atom. The molecule has 3 rings (SSSR count). The quantitative estimate of drug-likeness (QED) is 0.587. The number of carbonyl (C=O) groups is 3. The topological polar surface area (TPSA) is 107 Å². The van der Waals surface area contributed by atoms with Gasteiger partial charge in [-0.2, -0.15) is 0 Å². The summed E-state index contributed by atoms with van der Waals surface area (Å²) in [6, 6.07) is 6.81. The maximum absolute atomic E-state index is 13.0. The monoisotopic (exact) mass is 386 g/mol. The number of nitrogens with zero attached hydrogens (tertiary/aromatic N) is 1. The summed E-state index contributed by atoms with van der Waals surface area (Å²) < 4.78 is 0. The van der Waals surface area contributed by atoms with Crippen molar-refractivity contribution in [3.8, 4) is 0 Å². The van der Waals surface area contributed by atoms with Crippen LogP contribution in [0.15, 0.2) is 42.5 Å². The Morgan fingerprint density at radius 2 is 1.93 bits per heavy atom. The number of carbonyl (C=O) groups excluding carboxylic acids is 1. The van der Waals surface area contributed by atoms with Crippen molar-refractivity contribution in [1.82, 2.24) is 10.2 Å². The molecule has 1 aromatic carbocycles. The number of carboxylic acids is 2. The lowest BCUT2D eigenvalue weighted by Gasteiger charge is -2.30. The van der Waals surface area contributed by atoms with Crippen LogP contribution in [0.25, 0.3) is 0 Å². The van der Waals surface area contributed by atoms with Gasteiger partial charge in [0.25, 0.3) is 0 Å². The highest BCUT2D eigenvalue weighted by Gasteiger charge is 2.48. The fraction of sp³-hybridized carbons (Fsp3) is 0.476. The van der Waals surface area contributed by atoms with Gasteiger partial charge in [-0.15, -0.1) is 0 Å². The molecule has 1 aliphatic heterocycles. The third-order valence-electron chi connectivity index (χ3n) is 5.66. The van der Waals surface area contributed by atoms with Crippen molar-refractivity contribution in [3.63, 3.8) is 0 Å². The van der Waals surface area contributed by atoms with E-state index in [-0.39, 0.29) is 17.9 Å². The summed E-state index contributed by atoms with van der Waals surface area (Å²) in [6.45, 7) is 1.60. The molecular weight excluding hydrogens is 360 g/mol. The van der Waals surface area contributed by atoms with Gasteiger partial charge in [-0.25, -0.2) is 4.79 Å². The van der Waals surface area contributed by atoms with E-state index in [2.05, 4.69) is 5.32 Å². The van der Waals surface area contributed by atoms with Gasteiger partial charge in [-0.3, -0.25) is 14.9 Å². The Kier molecular flexibility index (Phi) is 6.14. The number of hydrogen-bond donors (Lipinski definition) is 3. The first-order valence-electron chi connectivity index (χ1n) is 9.63. The van der Waals surface area contributed by atoms with E-state index < -0.39 is 30.1 Å². The van der Waals surface area contributed by atoms with E-state index >= 15 is 0 Å². The minimum absolute atomic E-state index is 0.130. The number of aliphatic carboxylic acids is 2. The molecule has 1 amide bonds. The van der Waals surface area contributed by atoms with Crippen molar-refractivity contribution in [2.75, 3.05) is 0 Å². The molecule has 1 fully saturated rings. The van der Waals surface area contributed by atoms with Gasteiger partial charge < -0.3 is 15.1 Å². The molecule has 0 saturated carbocycles. The Balaban J connectivity index is 1.66. The zero-order valence-electron chi connectivity index (χ0n) is 15.8. The van der Waals surface area contributed by atoms with Gasteiger partial charge in [0, 0.05) is 0 Å². The molecular formula is C21H26N2O5. The number of carboxylic acid groups (broad SMARTS) is 2. The van der Waals surface area contributed by atoms with E-state index in [1.54, 1.807) is 6.92 Å². The molecule has 0 aromatic heterocycles. The minimum Gasteiger partial charge on any atom is -0.480 e. The van der Waals surface area contributed by atoms with Crippen LogP contribution in [0.2, 0.25) is 0 Å². The fourth-order valence-corrected chi connectivity index (χ4v) is 4.20. The van der Waals surface area contributed by atoms with Gasteiger partial charge in [0.2, 0.25) is 5.91 Å². The van der Waals surface area contributed by atoms with Gasteiger partial charge >= 0.3 is 11.9 Å². The zero-order chi connectivity index (χ0) is 20.3. The summed E-state index contributed by atoms with van der Waals surface area (Å²) in [5.41, 5.74) is 1.03. The number of benzene rings is 1. The Hall–Kier alpha value is -2.67. The summed E-state index contributed by atoms with van der Waals surface area (Å²) in [7, 11) is 0. The van der Waals surface area contributed by atoms with Crippen LogP contribution < -0.4 is 5.32 Å². The van der Waals surface area contributed by atoms with Crippen molar-refractivity contribution >= 4 is 17.8 Å². The highest BCUT2D eigenvalue weighted by atomic mass is 16.4. The summed E-state index contributed by atoms with van der Waals surface area (Å²) in [6.07, 6.45) is 5.98. The van der Waals surface area contributed by atoms with E-state index in [4.69, 9.17) is 0 Å². The van der Waals surface area contributed by atoms with Gasteiger partial charge in [0.1, 0.15) is 12.1 Å². The lowest BCUT2D eigenvalue weighted by atomic mass is 10.0. The molecule has 0 radical (unpaired) electrons. The third-order valence-corrected chi connectivity index (χ3v) is 5.66. The molecule has 0 unspecified atom stereocenters. The Bertz CT molecular complexity index is 763. The van der Waals surface area contributed by atoms with Crippen molar-refractivity contribution in [1.29, 1.82) is 0 Å². The molecule has 5 atom stereocenters. The first-order chi connectivity index (χ1) is 13.4. The van der Waals surface area contributed by atoms with E-state index in [1.807, 2.05) is 42.5 Å². The first kappa shape index (κ1) is 20.1. The molecule has 1 saturated heterocycles. The van der Waals surface area contributed by atoms with Crippen LogP contribution in [-0.4, -0.2) is 57.1 Å². The first-order valence-corrected chi connectivity index (χ1v) is 9.63. The zero-order valence-corrected chi connectivity index (χ0v) is 15.8. The Labute approximate surface area is 164 Å².